The zero-order valence-electron chi connectivity index (χ0n) is 10.3. The van der Waals surface area contributed by atoms with Gasteiger partial charge in [0.15, 0.2) is 0 Å². The molecule has 1 heterocycles. The summed E-state index contributed by atoms with van der Waals surface area (Å²) in [6.07, 6.45) is 0.814. The van der Waals surface area contributed by atoms with E-state index in [4.69, 9.17) is 5.73 Å². The lowest BCUT2D eigenvalue weighted by molar-refractivity contribution is 1.04. The molecule has 0 radical (unpaired) electrons. The molecule has 1 aromatic heterocycles. The Morgan fingerprint density at radius 3 is 2.67 bits per heavy atom. The Kier molecular flexibility index (Phi) is 2.52. The van der Waals surface area contributed by atoms with E-state index in [9.17, 15) is 0 Å². The molecule has 0 aliphatic rings. The first-order chi connectivity index (χ1) is 8.70. The third-order valence-corrected chi connectivity index (χ3v) is 3.05. The fourth-order valence-electron chi connectivity index (χ4n) is 2.06. The van der Waals surface area contributed by atoms with Gasteiger partial charge >= 0.3 is 0 Å². The second kappa shape index (κ2) is 4.18. The van der Waals surface area contributed by atoms with Crippen molar-refractivity contribution in [1.29, 1.82) is 0 Å². The van der Waals surface area contributed by atoms with E-state index in [1.54, 1.807) is 0 Å². The number of hydrogen-bond donors (Lipinski definition) is 2. The molecule has 3 rings (SSSR count). The Hall–Kier alpha value is -2.29. The summed E-state index contributed by atoms with van der Waals surface area (Å²) in [6, 6.07) is 14.2. The van der Waals surface area contributed by atoms with Gasteiger partial charge in [-0.1, -0.05) is 29.8 Å². The van der Waals surface area contributed by atoms with E-state index in [0.717, 1.165) is 29.0 Å². The standard InChI is InChI=1S/C15H15N3/c1-10-2-4-11(5-3-10)8-15-17-13-7-6-12(16)9-14(13)18-15/h2-7,9H,8,16H2,1H3,(H,17,18). The minimum Gasteiger partial charge on any atom is -0.399 e. The number of aromatic nitrogens is 2. The molecule has 0 aliphatic heterocycles. The molecule has 3 nitrogen and oxygen atoms in total. The van der Waals surface area contributed by atoms with E-state index in [1.807, 2.05) is 18.2 Å². The number of rotatable bonds is 2. The van der Waals surface area contributed by atoms with Crippen molar-refractivity contribution in [3.05, 3.63) is 59.4 Å². The molecule has 3 heteroatoms. The van der Waals surface area contributed by atoms with E-state index >= 15 is 0 Å². The van der Waals surface area contributed by atoms with Crippen LogP contribution in [0.1, 0.15) is 17.0 Å². The average molecular weight is 237 g/mol. The second-order valence-electron chi connectivity index (χ2n) is 4.62. The topological polar surface area (TPSA) is 54.7 Å². The van der Waals surface area contributed by atoms with Gasteiger partial charge in [0.1, 0.15) is 5.82 Å². The number of fused-ring (bicyclic) bond motifs is 1. The Morgan fingerprint density at radius 1 is 1.11 bits per heavy atom. The van der Waals surface area contributed by atoms with Crippen LogP contribution in [0.2, 0.25) is 0 Å². The minimum atomic E-state index is 0.757. The average Bonchev–Trinajstić information content (AvgIpc) is 2.73. The van der Waals surface area contributed by atoms with Gasteiger partial charge in [-0.25, -0.2) is 4.98 Å². The molecule has 2 aromatic carbocycles. The molecule has 0 amide bonds. The highest BCUT2D eigenvalue weighted by Gasteiger charge is 2.03. The van der Waals surface area contributed by atoms with Gasteiger partial charge in [-0.2, -0.15) is 0 Å². The van der Waals surface area contributed by atoms with Gasteiger partial charge in [-0.15, -0.1) is 0 Å². The fraction of sp³-hybridized carbons (Fsp3) is 0.133. The highest BCUT2D eigenvalue weighted by atomic mass is 14.9. The van der Waals surface area contributed by atoms with Gasteiger partial charge in [0.25, 0.3) is 0 Å². The summed E-state index contributed by atoms with van der Waals surface area (Å²) in [7, 11) is 0. The predicted octanol–water partition coefficient (Wildman–Crippen LogP) is 3.04. The van der Waals surface area contributed by atoms with Crippen LogP contribution < -0.4 is 5.73 Å². The van der Waals surface area contributed by atoms with Crippen molar-refractivity contribution < 1.29 is 0 Å². The molecule has 0 fully saturated rings. The molecule has 0 bridgehead atoms. The number of hydrogen-bond acceptors (Lipinski definition) is 2. The summed E-state index contributed by atoms with van der Waals surface area (Å²) in [5, 5.41) is 0. The summed E-state index contributed by atoms with van der Waals surface area (Å²) in [6.45, 7) is 2.09. The number of benzene rings is 2. The first-order valence-electron chi connectivity index (χ1n) is 6.00. The van der Waals surface area contributed by atoms with E-state index in [2.05, 4.69) is 41.2 Å². The van der Waals surface area contributed by atoms with Gasteiger partial charge in [-0.05, 0) is 30.7 Å². The Morgan fingerprint density at radius 2 is 1.89 bits per heavy atom. The van der Waals surface area contributed by atoms with Crippen LogP contribution in [0.3, 0.4) is 0 Å². The second-order valence-corrected chi connectivity index (χ2v) is 4.62. The van der Waals surface area contributed by atoms with Crippen LogP contribution in [0.4, 0.5) is 5.69 Å². The van der Waals surface area contributed by atoms with Crippen molar-refractivity contribution in [1.82, 2.24) is 9.97 Å². The fourth-order valence-corrected chi connectivity index (χ4v) is 2.06. The van der Waals surface area contributed by atoms with Crippen molar-refractivity contribution in [2.45, 2.75) is 13.3 Å². The minimum absolute atomic E-state index is 0.757. The number of imidazole rings is 1. The molecule has 3 N–H and O–H groups in total. The van der Waals surface area contributed by atoms with Crippen molar-refractivity contribution in [2.24, 2.45) is 0 Å². The molecule has 90 valence electrons. The Labute approximate surface area is 106 Å². The Bertz CT molecular complexity index is 681. The predicted molar refractivity (Wildman–Crippen MR) is 74.5 cm³/mol. The number of nitrogens with one attached hydrogen (secondary N) is 1. The van der Waals surface area contributed by atoms with Crippen LogP contribution in [-0.4, -0.2) is 9.97 Å². The lowest BCUT2D eigenvalue weighted by Gasteiger charge is -1.98. The summed E-state index contributed by atoms with van der Waals surface area (Å²) in [5.41, 5.74) is 11.0. The highest BCUT2D eigenvalue weighted by Crippen LogP contribution is 2.16. The number of nitrogens with two attached hydrogens (primary N) is 1. The molecule has 0 unspecified atom stereocenters. The number of aromatic amines is 1. The largest absolute Gasteiger partial charge is 0.399 e. The third-order valence-electron chi connectivity index (χ3n) is 3.05. The van der Waals surface area contributed by atoms with Gasteiger partial charge in [0.05, 0.1) is 11.0 Å². The van der Waals surface area contributed by atoms with E-state index in [0.29, 0.717) is 0 Å². The lowest BCUT2D eigenvalue weighted by atomic mass is 10.1. The molecule has 0 saturated heterocycles. The van der Waals surface area contributed by atoms with Crippen LogP contribution in [0, 0.1) is 6.92 Å². The molecular formula is C15H15N3. The number of nitrogen functional groups attached to an aromatic ring is 1. The summed E-state index contributed by atoms with van der Waals surface area (Å²) in [4.78, 5) is 7.87. The summed E-state index contributed by atoms with van der Waals surface area (Å²) < 4.78 is 0. The van der Waals surface area contributed by atoms with E-state index < -0.39 is 0 Å². The number of aryl methyl sites for hydroxylation is 1. The van der Waals surface area contributed by atoms with Gasteiger partial charge in [0.2, 0.25) is 0 Å². The summed E-state index contributed by atoms with van der Waals surface area (Å²) >= 11 is 0. The van der Waals surface area contributed by atoms with Crippen LogP contribution >= 0.6 is 0 Å². The normalized spacial score (nSPS) is 10.9. The highest BCUT2D eigenvalue weighted by molar-refractivity contribution is 5.78. The van der Waals surface area contributed by atoms with E-state index in [1.165, 1.54) is 11.1 Å². The zero-order valence-corrected chi connectivity index (χ0v) is 10.3. The molecule has 0 spiro atoms. The van der Waals surface area contributed by atoms with Crippen LogP contribution in [0.5, 0.6) is 0 Å². The van der Waals surface area contributed by atoms with Crippen molar-refractivity contribution in [3.63, 3.8) is 0 Å². The molecule has 3 aromatic rings. The third kappa shape index (κ3) is 2.07. The maximum absolute atomic E-state index is 5.75. The smallest absolute Gasteiger partial charge is 0.111 e. The lowest BCUT2D eigenvalue weighted by Crippen LogP contribution is -1.90. The monoisotopic (exact) mass is 237 g/mol. The number of anilines is 1. The maximum atomic E-state index is 5.75. The summed E-state index contributed by atoms with van der Waals surface area (Å²) in [5.74, 6) is 0.972. The van der Waals surface area contributed by atoms with Crippen LogP contribution in [0.25, 0.3) is 11.0 Å². The number of H-pyrrole nitrogens is 1. The molecule has 18 heavy (non-hydrogen) atoms. The quantitative estimate of drug-likeness (QED) is 0.673. The zero-order chi connectivity index (χ0) is 12.5. The van der Waals surface area contributed by atoms with E-state index in [-0.39, 0.29) is 0 Å². The van der Waals surface area contributed by atoms with Crippen molar-refractivity contribution in [2.75, 3.05) is 5.73 Å². The molecule has 0 atom stereocenters. The molecule has 0 saturated carbocycles. The van der Waals surface area contributed by atoms with Crippen LogP contribution in [0.15, 0.2) is 42.5 Å². The first-order valence-corrected chi connectivity index (χ1v) is 6.00. The van der Waals surface area contributed by atoms with Crippen molar-refractivity contribution >= 4 is 16.7 Å². The van der Waals surface area contributed by atoms with Crippen LogP contribution in [-0.2, 0) is 6.42 Å². The maximum Gasteiger partial charge on any atom is 0.111 e. The van der Waals surface area contributed by atoms with Crippen molar-refractivity contribution in [3.8, 4) is 0 Å². The van der Waals surface area contributed by atoms with Gasteiger partial charge < -0.3 is 10.7 Å². The van der Waals surface area contributed by atoms with Gasteiger partial charge in [-0.3, -0.25) is 0 Å². The first kappa shape index (κ1) is 10.8. The molecule has 0 aliphatic carbocycles. The molecular weight excluding hydrogens is 222 g/mol. The van der Waals surface area contributed by atoms with Gasteiger partial charge in [0, 0.05) is 12.1 Å². The Balaban J connectivity index is 1.92. The SMILES string of the molecule is Cc1ccc(Cc2nc3ccc(N)cc3[nH]2)cc1. The number of nitrogens with zero attached hydrogens (tertiary/aromatic N) is 1.